The van der Waals surface area contributed by atoms with Gasteiger partial charge in [-0.25, -0.2) is 0 Å². The van der Waals surface area contributed by atoms with E-state index in [2.05, 4.69) is 4.98 Å². The van der Waals surface area contributed by atoms with E-state index < -0.39 is 18.0 Å². The minimum Gasteiger partial charge on any atom is -0.307 e. The summed E-state index contributed by atoms with van der Waals surface area (Å²) >= 11 is 0. The van der Waals surface area contributed by atoms with Crippen LogP contribution in [0.5, 0.6) is 0 Å². The molecule has 0 unspecified atom stereocenters. The third-order valence-corrected chi connectivity index (χ3v) is 2.16. The normalized spacial score (nSPS) is 12.3. The fraction of sp³-hybridized carbons (Fsp3) is 0.400. The summed E-state index contributed by atoms with van der Waals surface area (Å²) in [6.07, 6.45) is -3.53. The van der Waals surface area contributed by atoms with Gasteiger partial charge in [-0.1, -0.05) is 0 Å². The minimum absolute atomic E-state index is 0.0681. The number of carbonyl (C=O) groups is 1. The van der Waals surface area contributed by atoms with Crippen LogP contribution >= 0.6 is 0 Å². The molecule has 0 bridgehead atoms. The van der Waals surface area contributed by atoms with Crippen molar-refractivity contribution in [2.45, 2.75) is 19.0 Å². The van der Waals surface area contributed by atoms with Gasteiger partial charge in [0.1, 0.15) is 0 Å². The summed E-state index contributed by atoms with van der Waals surface area (Å²) < 4.78 is 62.1. The molecule has 100 valence electrons. The average molecular weight is 268 g/mol. The van der Waals surface area contributed by atoms with E-state index in [1.54, 1.807) is 0 Å². The van der Waals surface area contributed by atoms with Crippen LogP contribution in [0.1, 0.15) is 6.92 Å². The monoisotopic (exact) mass is 268 g/mol. The van der Waals surface area contributed by atoms with Crippen molar-refractivity contribution in [3.05, 3.63) is 24.5 Å². The number of nitrogens with zero attached hydrogens (tertiary/aromatic N) is 2. The largest absolute Gasteiger partial charge is 0.463 e. The first-order valence-corrected chi connectivity index (χ1v) is 4.88. The van der Waals surface area contributed by atoms with Crippen LogP contribution in [0.25, 0.3) is 0 Å². The van der Waals surface area contributed by atoms with E-state index in [0.29, 0.717) is 4.90 Å². The van der Waals surface area contributed by atoms with Gasteiger partial charge in [0.15, 0.2) is 0 Å². The van der Waals surface area contributed by atoms with Gasteiger partial charge in [-0.05, 0) is 19.1 Å². The van der Waals surface area contributed by atoms with Crippen LogP contribution in [0.2, 0.25) is 0 Å². The smallest absolute Gasteiger partial charge is 0.307 e. The van der Waals surface area contributed by atoms with Crippen molar-refractivity contribution < 1.29 is 26.7 Å². The highest BCUT2D eigenvalue weighted by Gasteiger charge is 2.64. The summed E-state index contributed by atoms with van der Waals surface area (Å²) in [5.41, 5.74) is -0.0681. The predicted octanol–water partition coefficient (Wildman–Crippen LogP) is 2.63. The highest BCUT2D eigenvalue weighted by Crippen LogP contribution is 2.37. The summed E-state index contributed by atoms with van der Waals surface area (Å²) in [4.78, 5) is 15.2. The Balaban J connectivity index is 3.08. The number of hydrogen-bond acceptors (Lipinski definition) is 2. The fourth-order valence-electron chi connectivity index (χ4n) is 1.26. The molecule has 0 saturated heterocycles. The first kappa shape index (κ1) is 14.3. The molecule has 1 aromatic heterocycles. The fourth-order valence-corrected chi connectivity index (χ4v) is 1.26. The number of rotatable bonds is 3. The van der Waals surface area contributed by atoms with Gasteiger partial charge >= 0.3 is 18.0 Å². The van der Waals surface area contributed by atoms with Gasteiger partial charge in [-0.3, -0.25) is 9.78 Å². The van der Waals surface area contributed by atoms with Crippen LogP contribution in [-0.4, -0.2) is 29.5 Å². The van der Waals surface area contributed by atoms with Crippen molar-refractivity contribution in [2.24, 2.45) is 0 Å². The number of aromatic nitrogens is 1. The third kappa shape index (κ3) is 2.57. The van der Waals surface area contributed by atoms with Crippen molar-refractivity contribution >= 4 is 11.6 Å². The van der Waals surface area contributed by atoms with Crippen molar-refractivity contribution in [3.8, 4) is 0 Å². The molecule has 1 aromatic rings. The van der Waals surface area contributed by atoms with Crippen molar-refractivity contribution in [1.82, 2.24) is 4.98 Å². The molecule has 0 fully saturated rings. The maximum absolute atomic E-state index is 12.9. The molecule has 0 saturated carbocycles. The lowest BCUT2D eigenvalue weighted by molar-refractivity contribution is -0.268. The van der Waals surface area contributed by atoms with Crippen LogP contribution in [0.4, 0.5) is 27.6 Å². The molecule has 0 aliphatic heterocycles. The summed E-state index contributed by atoms with van der Waals surface area (Å²) in [6.45, 7) is 0.985. The van der Waals surface area contributed by atoms with Gasteiger partial charge in [-0.2, -0.15) is 22.0 Å². The molecular formula is C10H9F5N2O. The Morgan fingerprint density at radius 2 is 1.72 bits per heavy atom. The molecule has 0 aliphatic rings. The maximum Gasteiger partial charge on any atom is 0.463 e. The van der Waals surface area contributed by atoms with Crippen LogP contribution in [0.15, 0.2) is 24.5 Å². The zero-order chi connectivity index (χ0) is 14.0. The van der Waals surface area contributed by atoms with Gasteiger partial charge in [0, 0.05) is 24.6 Å². The number of alkyl halides is 5. The Labute approximate surface area is 99.2 Å². The molecule has 1 heterocycles. The standard InChI is InChI=1S/C10H9F5N2O/c1-2-17(7-3-5-16-6-4-7)8(18)9(11,12)10(13,14)15/h3-6H,2H2,1H3. The number of pyridine rings is 1. The van der Waals surface area contributed by atoms with Crippen molar-refractivity contribution in [3.63, 3.8) is 0 Å². The molecule has 1 amide bonds. The topological polar surface area (TPSA) is 33.2 Å². The van der Waals surface area contributed by atoms with E-state index in [0.717, 1.165) is 0 Å². The molecule has 1 rings (SSSR count). The Kier molecular flexibility index (Phi) is 3.88. The predicted molar refractivity (Wildman–Crippen MR) is 53.3 cm³/mol. The summed E-state index contributed by atoms with van der Waals surface area (Å²) in [7, 11) is 0. The van der Waals surface area contributed by atoms with Crippen LogP contribution in [0.3, 0.4) is 0 Å². The zero-order valence-electron chi connectivity index (χ0n) is 9.21. The van der Waals surface area contributed by atoms with Gasteiger partial charge in [-0.15, -0.1) is 0 Å². The third-order valence-electron chi connectivity index (χ3n) is 2.16. The lowest BCUT2D eigenvalue weighted by Gasteiger charge is -2.26. The van der Waals surface area contributed by atoms with Gasteiger partial charge in [0.25, 0.3) is 0 Å². The molecule has 0 spiro atoms. The van der Waals surface area contributed by atoms with Crippen molar-refractivity contribution in [2.75, 3.05) is 11.4 Å². The van der Waals surface area contributed by atoms with Gasteiger partial charge < -0.3 is 4.90 Å². The second-order valence-electron chi connectivity index (χ2n) is 3.33. The van der Waals surface area contributed by atoms with Crippen LogP contribution in [-0.2, 0) is 4.79 Å². The molecule has 0 radical (unpaired) electrons. The number of amides is 1. The first-order valence-electron chi connectivity index (χ1n) is 4.88. The van der Waals surface area contributed by atoms with E-state index in [9.17, 15) is 26.7 Å². The number of carbonyl (C=O) groups excluding carboxylic acids is 1. The van der Waals surface area contributed by atoms with E-state index in [-0.39, 0.29) is 12.2 Å². The lowest BCUT2D eigenvalue weighted by Crippen LogP contribution is -2.52. The first-order chi connectivity index (χ1) is 8.21. The van der Waals surface area contributed by atoms with Gasteiger partial charge in [0.05, 0.1) is 0 Å². The molecule has 3 nitrogen and oxygen atoms in total. The Morgan fingerprint density at radius 1 is 1.22 bits per heavy atom. The molecular weight excluding hydrogens is 259 g/mol. The van der Waals surface area contributed by atoms with Crippen LogP contribution < -0.4 is 4.90 Å². The molecule has 0 aliphatic carbocycles. The summed E-state index contributed by atoms with van der Waals surface area (Å²) in [6, 6.07) is 2.35. The van der Waals surface area contributed by atoms with E-state index >= 15 is 0 Å². The molecule has 0 atom stereocenters. The average Bonchev–Trinajstić information content (AvgIpc) is 2.29. The summed E-state index contributed by atoms with van der Waals surface area (Å²) in [5.74, 6) is -7.71. The number of anilines is 1. The van der Waals surface area contributed by atoms with Gasteiger partial charge in [0.2, 0.25) is 0 Å². The highest BCUT2D eigenvalue weighted by molar-refractivity contribution is 5.98. The van der Waals surface area contributed by atoms with Crippen LogP contribution in [0, 0.1) is 0 Å². The quantitative estimate of drug-likeness (QED) is 0.789. The lowest BCUT2D eigenvalue weighted by atomic mass is 10.2. The molecule has 18 heavy (non-hydrogen) atoms. The Hall–Kier alpha value is -1.73. The second-order valence-corrected chi connectivity index (χ2v) is 3.33. The summed E-state index contributed by atoms with van der Waals surface area (Å²) in [5, 5.41) is 0. The van der Waals surface area contributed by atoms with Crippen molar-refractivity contribution in [1.29, 1.82) is 0 Å². The highest BCUT2D eigenvalue weighted by atomic mass is 19.4. The number of hydrogen-bond donors (Lipinski definition) is 0. The zero-order valence-corrected chi connectivity index (χ0v) is 9.21. The minimum atomic E-state index is -5.91. The Bertz CT molecular complexity index is 418. The molecule has 0 N–H and O–H groups in total. The maximum atomic E-state index is 12.9. The van der Waals surface area contributed by atoms with E-state index in [1.807, 2.05) is 0 Å². The second kappa shape index (κ2) is 4.87. The molecule has 0 aromatic carbocycles. The molecule has 8 heteroatoms. The van der Waals surface area contributed by atoms with E-state index in [1.165, 1.54) is 31.5 Å². The van der Waals surface area contributed by atoms with E-state index in [4.69, 9.17) is 0 Å². The number of halogens is 5. The Morgan fingerprint density at radius 3 is 2.11 bits per heavy atom. The SMILES string of the molecule is CCN(C(=O)C(F)(F)C(F)(F)F)c1ccncc1.